The molecule has 7 heteroatoms. The van der Waals surface area contributed by atoms with Gasteiger partial charge in [-0.05, 0) is 25.0 Å². The van der Waals surface area contributed by atoms with Gasteiger partial charge in [0.1, 0.15) is 5.69 Å². The molecule has 1 amide bonds. The lowest BCUT2D eigenvalue weighted by Gasteiger charge is -2.01. The molecule has 0 unspecified atom stereocenters. The molecule has 3 aromatic rings. The molecule has 7 nitrogen and oxygen atoms in total. The molecule has 0 radical (unpaired) electrons. The number of aryl methyl sites for hydroxylation is 1. The number of fused-ring (bicyclic) bond motifs is 1. The largest absolute Gasteiger partial charge is 0.318 e. The van der Waals surface area contributed by atoms with E-state index >= 15 is 0 Å². The molecule has 0 atom stereocenters. The van der Waals surface area contributed by atoms with Crippen molar-refractivity contribution in [3.05, 3.63) is 42.1 Å². The monoisotopic (exact) mass is 282 g/mol. The van der Waals surface area contributed by atoms with Crippen molar-refractivity contribution < 1.29 is 4.79 Å². The van der Waals surface area contributed by atoms with E-state index in [4.69, 9.17) is 0 Å². The predicted octanol–water partition coefficient (Wildman–Crippen LogP) is 1.59. The summed E-state index contributed by atoms with van der Waals surface area (Å²) < 4.78 is 3.30. The Bertz CT molecular complexity index is 829. The van der Waals surface area contributed by atoms with Crippen LogP contribution in [0.15, 0.2) is 30.7 Å². The number of nitrogens with zero attached hydrogens (tertiary/aromatic N) is 5. The van der Waals surface area contributed by atoms with Crippen LogP contribution in [0, 0.1) is 0 Å². The van der Waals surface area contributed by atoms with Crippen molar-refractivity contribution in [2.75, 3.05) is 5.32 Å². The van der Waals surface area contributed by atoms with Crippen LogP contribution in [0.1, 0.15) is 34.9 Å². The average molecular weight is 282 g/mol. The van der Waals surface area contributed by atoms with Gasteiger partial charge < -0.3 is 5.32 Å². The molecule has 1 N–H and O–H groups in total. The predicted molar refractivity (Wildman–Crippen MR) is 76.1 cm³/mol. The van der Waals surface area contributed by atoms with E-state index in [2.05, 4.69) is 20.5 Å². The molecule has 0 bridgehead atoms. The number of rotatable bonds is 3. The Balaban J connectivity index is 1.61. The molecular formula is C14H14N6O. The minimum atomic E-state index is -0.258. The Hall–Kier alpha value is -2.70. The highest BCUT2D eigenvalue weighted by molar-refractivity contribution is 6.02. The third-order valence-electron chi connectivity index (χ3n) is 3.53. The highest BCUT2D eigenvalue weighted by Gasteiger charge is 2.26. The molecule has 4 rings (SSSR count). The number of hydrogen-bond donors (Lipinski definition) is 1. The van der Waals surface area contributed by atoms with E-state index in [9.17, 15) is 4.79 Å². The van der Waals surface area contributed by atoms with Gasteiger partial charge >= 0.3 is 0 Å². The van der Waals surface area contributed by atoms with Crippen LogP contribution in [0.2, 0.25) is 0 Å². The normalized spacial score (nSPS) is 14.5. The van der Waals surface area contributed by atoms with Crippen molar-refractivity contribution in [1.29, 1.82) is 0 Å². The minimum absolute atomic E-state index is 0.258. The van der Waals surface area contributed by atoms with E-state index in [0.29, 0.717) is 17.3 Å². The number of hydrogen-bond acceptors (Lipinski definition) is 4. The quantitative estimate of drug-likeness (QED) is 0.791. The summed E-state index contributed by atoms with van der Waals surface area (Å²) in [6, 6.07) is 3.50. The Kier molecular flexibility index (Phi) is 2.53. The Labute approximate surface area is 120 Å². The van der Waals surface area contributed by atoms with Gasteiger partial charge in [0, 0.05) is 19.2 Å². The molecule has 0 saturated heterocycles. The lowest BCUT2D eigenvalue weighted by molar-refractivity contribution is 0.102. The van der Waals surface area contributed by atoms with E-state index < -0.39 is 0 Å². The van der Waals surface area contributed by atoms with E-state index in [0.717, 1.165) is 11.3 Å². The lowest BCUT2D eigenvalue weighted by atomic mass is 10.3. The van der Waals surface area contributed by atoms with Gasteiger partial charge in [-0.25, -0.2) is 9.50 Å². The molecule has 0 spiro atoms. The van der Waals surface area contributed by atoms with Gasteiger partial charge in [0.05, 0.1) is 23.8 Å². The van der Waals surface area contributed by atoms with Gasteiger partial charge in [-0.15, -0.1) is 0 Å². The maximum atomic E-state index is 12.2. The molecule has 106 valence electrons. The third kappa shape index (κ3) is 2.26. The lowest BCUT2D eigenvalue weighted by Crippen LogP contribution is -2.14. The summed E-state index contributed by atoms with van der Waals surface area (Å²) in [7, 11) is 1.80. The van der Waals surface area contributed by atoms with E-state index in [1.807, 2.05) is 12.3 Å². The zero-order valence-corrected chi connectivity index (χ0v) is 11.5. The maximum Gasteiger partial charge on any atom is 0.276 e. The summed E-state index contributed by atoms with van der Waals surface area (Å²) in [5.41, 5.74) is 2.84. The van der Waals surface area contributed by atoms with Gasteiger partial charge in [0.25, 0.3) is 5.91 Å². The maximum absolute atomic E-state index is 12.2. The standard InChI is InChI=1S/C14H14N6O/c1-19-7-10(6-15-19)16-14(21)11-4-5-13-17-12(9-2-3-9)8-20(13)18-11/h4-9H,2-3H2,1H3,(H,16,21). The smallest absolute Gasteiger partial charge is 0.276 e. The first kappa shape index (κ1) is 12.1. The number of anilines is 1. The second-order valence-electron chi connectivity index (χ2n) is 5.32. The Morgan fingerprint density at radius 3 is 2.90 bits per heavy atom. The van der Waals surface area contributed by atoms with E-state index in [1.54, 1.807) is 34.7 Å². The summed E-state index contributed by atoms with van der Waals surface area (Å²) >= 11 is 0. The average Bonchev–Trinajstić information content (AvgIpc) is 3.11. The van der Waals surface area contributed by atoms with Gasteiger partial charge in [0.2, 0.25) is 0 Å². The zero-order valence-electron chi connectivity index (χ0n) is 11.5. The summed E-state index contributed by atoms with van der Waals surface area (Å²) in [5, 5.41) is 11.1. The highest BCUT2D eigenvalue weighted by Crippen LogP contribution is 2.39. The van der Waals surface area contributed by atoms with Crippen LogP contribution in [-0.4, -0.2) is 30.3 Å². The molecule has 3 aromatic heterocycles. The van der Waals surface area contributed by atoms with Crippen LogP contribution in [0.4, 0.5) is 5.69 Å². The molecule has 1 aliphatic carbocycles. The van der Waals surface area contributed by atoms with Gasteiger partial charge in [-0.2, -0.15) is 10.2 Å². The molecule has 21 heavy (non-hydrogen) atoms. The highest BCUT2D eigenvalue weighted by atomic mass is 16.1. The number of carbonyl (C=O) groups is 1. The van der Waals surface area contributed by atoms with Crippen molar-refractivity contribution in [2.24, 2.45) is 7.05 Å². The van der Waals surface area contributed by atoms with Crippen LogP contribution in [0.5, 0.6) is 0 Å². The second kappa shape index (κ2) is 4.41. The fourth-order valence-corrected chi connectivity index (χ4v) is 2.28. The number of imidazole rings is 1. The fourth-order valence-electron chi connectivity index (χ4n) is 2.28. The van der Waals surface area contributed by atoms with E-state index in [1.165, 1.54) is 12.8 Å². The van der Waals surface area contributed by atoms with Crippen molar-refractivity contribution >= 4 is 17.2 Å². The molecule has 0 aliphatic heterocycles. The van der Waals surface area contributed by atoms with Gasteiger partial charge in [-0.1, -0.05) is 0 Å². The van der Waals surface area contributed by atoms with Crippen LogP contribution < -0.4 is 5.32 Å². The number of aromatic nitrogens is 5. The molecule has 1 saturated carbocycles. The van der Waals surface area contributed by atoms with Crippen LogP contribution in [0.25, 0.3) is 5.65 Å². The first-order valence-corrected chi connectivity index (χ1v) is 6.85. The summed E-state index contributed by atoms with van der Waals surface area (Å²) in [6.45, 7) is 0. The fraction of sp³-hybridized carbons (Fsp3) is 0.286. The first-order chi connectivity index (χ1) is 10.2. The van der Waals surface area contributed by atoms with Crippen LogP contribution in [-0.2, 0) is 7.05 Å². The van der Waals surface area contributed by atoms with Crippen molar-refractivity contribution in [2.45, 2.75) is 18.8 Å². The van der Waals surface area contributed by atoms with Gasteiger partial charge in [0.15, 0.2) is 5.65 Å². The van der Waals surface area contributed by atoms with Crippen LogP contribution in [0.3, 0.4) is 0 Å². The minimum Gasteiger partial charge on any atom is -0.318 e. The van der Waals surface area contributed by atoms with E-state index in [-0.39, 0.29) is 5.91 Å². The van der Waals surface area contributed by atoms with Crippen molar-refractivity contribution in [3.8, 4) is 0 Å². The number of amides is 1. The van der Waals surface area contributed by atoms with Crippen LogP contribution >= 0.6 is 0 Å². The Morgan fingerprint density at radius 1 is 1.33 bits per heavy atom. The Morgan fingerprint density at radius 2 is 2.19 bits per heavy atom. The topological polar surface area (TPSA) is 77.1 Å². The molecule has 1 aliphatic rings. The molecule has 0 aromatic carbocycles. The molecule has 1 fully saturated rings. The number of carbonyl (C=O) groups excluding carboxylic acids is 1. The molecule has 3 heterocycles. The summed E-state index contributed by atoms with van der Waals surface area (Å²) in [6.07, 6.45) is 7.63. The van der Waals surface area contributed by atoms with Crippen molar-refractivity contribution in [3.63, 3.8) is 0 Å². The van der Waals surface area contributed by atoms with Gasteiger partial charge in [-0.3, -0.25) is 9.48 Å². The summed E-state index contributed by atoms with van der Waals surface area (Å²) in [5.74, 6) is 0.311. The molecular weight excluding hydrogens is 268 g/mol. The van der Waals surface area contributed by atoms with Crippen molar-refractivity contribution in [1.82, 2.24) is 24.4 Å². The third-order valence-corrected chi connectivity index (χ3v) is 3.53. The summed E-state index contributed by atoms with van der Waals surface area (Å²) in [4.78, 5) is 16.7. The zero-order chi connectivity index (χ0) is 14.4. The number of nitrogens with one attached hydrogen (secondary N) is 1. The SMILES string of the molecule is Cn1cc(NC(=O)c2ccc3nc(C4CC4)cn3n2)cn1. The second-order valence-corrected chi connectivity index (χ2v) is 5.32. The first-order valence-electron chi connectivity index (χ1n) is 6.85.